The lowest BCUT2D eigenvalue weighted by Gasteiger charge is -2.19. The first-order valence-corrected chi connectivity index (χ1v) is 6.69. The molecule has 0 aliphatic carbocycles. The maximum absolute atomic E-state index is 13.0. The predicted octanol–water partition coefficient (Wildman–Crippen LogP) is 3.51. The van der Waals surface area contributed by atoms with E-state index in [9.17, 15) is 4.39 Å². The number of hydrogen-bond donors (Lipinski definition) is 1. The van der Waals surface area contributed by atoms with E-state index in [2.05, 4.69) is 22.2 Å². The van der Waals surface area contributed by atoms with Gasteiger partial charge in [0, 0.05) is 31.0 Å². The number of benzene rings is 1. The molecule has 1 heterocycles. The molecule has 106 valence electrons. The molecule has 1 aromatic carbocycles. The average Bonchev–Trinajstić information content (AvgIpc) is 2.44. The maximum Gasteiger partial charge on any atom is 0.224 e. The van der Waals surface area contributed by atoms with Crippen LogP contribution in [0.1, 0.15) is 19.0 Å². The van der Waals surface area contributed by atoms with Gasteiger partial charge in [0.15, 0.2) is 0 Å². The number of halogens is 1. The van der Waals surface area contributed by atoms with E-state index in [1.807, 2.05) is 24.9 Å². The summed E-state index contributed by atoms with van der Waals surface area (Å²) in [6, 6.07) is 8.24. The summed E-state index contributed by atoms with van der Waals surface area (Å²) in [7, 11) is 1.90. The lowest BCUT2D eigenvalue weighted by molar-refractivity contribution is 0.628. The third-order valence-corrected chi connectivity index (χ3v) is 2.93. The molecule has 0 spiro atoms. The van der Waals surface area contributed by atoms with Crippen molar-refractivity contribution in [3.05, 3.63) is 41.8 Å². The van der Waals surface area contributed by atoms with E-state index in [0.717, 1.165) is 30.2 Å². The smallest absolute Gasteiger partial charge is 0.224 e. The lowest BCUT2D eigenvalue weighted by atomic mass is 10.3. The predicted molar refractivity (Wildman–Crippen MR) is 80.0 cm³/mol. The zero-order chi connectivity index (χ0) is 14.5. The standard InChI is InChI=1S/C15H19FN4/c1-4-9-17-15-18-11(2)10-14(19-15)20(3)13-7-5-12(16)6-8-13/h5-8,10H,4,9H2,1-3H3,(H,17,18,19). The lowest BCUT2D eigenvalue weighted by Crippen LogP contribution is -2.14. The molecular weight excluding hydrogens is 255 g/mol. The fraction of sp³-hybridized carbons (Fsp3) is 0.333. The Bertz CT molecular complexity index is 569. The molecule has 2 rings (SSSR count). The van der Waals surface area contributed by atoms with E-state index in [1.165, 1.54) is 12.1 Å². The minimum Gasteiger partial charge on any atom is -0.354 e. The highest BCUT2D eigenvalue weighted by Gasteiger charge is 2.08. The number of hydrogen-bond acceptors (Lipinski definition) is 4. The van der Waals surface area contributed by atoms with Crippen molar-refractivity contribution >= 4 is 17.5 Å². The Hall–Kier alpha value is -2.17. The van der Waals surface area contributed by atoms with Crippen LogP contribution in [0.15, 0.2) is 30.3 Å². The Morgan fingerprint density at radius 3 is 2.55 bits per heavy atom. The molecule has 20 heavy (non-hydrogen) atoms. The van der Waals surface area contributed by atoms with Gasteiger partial charge in [-0.1, -0.05) is 6.92 Å². The van der Waals surface area contributed by atoms with Crippen LogP contribution in [0, 0.1) is 12.7 Å². The quantitative estimate of drug-likeness (QED) is 0.905. The van der Waals surface area contributed by atoms with Gasteiger partial charge in [-0.25, -0.2) is 9.37 Å². The van der Waals surface area contributed by atoms with E-state index >= 15 is 0 Å². The highest BCUT2D eigenvalue weighted by molar-refractivity contribution is 5.60. The van der Waals surface area contributed by atoms with Crippen molar-refractivity contribution < 1.29 is 4.39 Å². The highest BCUT2D eigenvalue weighted by atomic mass is 19.1. The van der Waals surface area contributed by atoms with Gasteiger partial charge < -0.3 is 10.2 Å². The van der Waals surface area contributed by atoms with Crippen LogP contribution < -0.4 is 10.2 Å². The average molecular weight is 274 g/mol. The zero-order valence-electron chi connectivity index (χ0n) is 12.0. The van der Waals surface area contributed by atoms with Crippen LogP contribution in [0.5, 0.6) is 0 Å². The molecule has 2 aromatic rings. The van der Waals surface area contributed by atoms with Gasteiger partial charge in [0.1, 0.15) is 11.6 Å². The van der Waals surface area contributed by atoms with Crippen LogP contribution in [0.4, 0.5) is 21.8 Å². The minimum atomic E-state index is -0.244. The molecule has 0 radical (unpaired) electrons. The summed E-state index contributed by atoms with van der Waals surface area (Å²) < 4.78 is 13.0. The van der Waals surface area contributed by atoms with Crippen molar-refractivity contribution in [1.82, 2.24) is 9.97 Å². The molecule has 1 aromatic heterocycles. The Morgan fingerprint density at radius 1 is 1.20 bits per heavy atom. The summed E-state index contributed by atoms with van der Waals surface area (Å²) in [5.41, 5.74) is 1.77. The third-order valence-electron chi connectivity index (χ3n) is 2.93. The topological polar surface area (TPSA) is 41.1 Å². The SMILES string of the molecule is CCCNc1nc(C)cc(N(C)c2ccc(F)cc2)n1. The molecule has 0 aliphatic heterocycles. The van der Waals surface area contributed by atoms with Crippen molar-refractivity contribution in [2.45, 2.75) is 20.3 Å². The molecule has 0 aliphatic rings. The van der Waals surface area contributed by atoms with Gasteiger partial charge in [0.25, 0.3) is 0 Å². The van der Waals surface area contributed by atoms with E-state index in [-0.39, 0.29) is 5.82 Å². The monoisotopic (exact) mass is 274 g/mol. The zero-order valence-corrected chi connectivity index (χ0v) is 12.0. The minimum absolute atomic E-state index is 0.244. The third kappa shape index (κ3) is 3.44. The van der Waals surface area contributed by atoms with Crippen LogP contribution >= 0.6 is 0 Å². The van der Waals surface area contributed by atoms with Gasteiger partial charge in [0.05, 0.1) is 0 Å². The van der Waals surface area contributed by atoms with Crippen LogP contribution in [0.25, 0.3) is 0 Å². The van der Waals surface area contributed by atoms with E-state index in [1.54, 1.807) is 12.1 Å². The number of nitrogens with one attached hydrogen (secondary N) is 1. The number of anilines is 3. The van der Waals surface area contributed by atoms with Gasteiger partial charge in [-0.05, 0) is 37.6 Å². The van der Waals surface area contributed by atoms with Crippen molar-refractivity contribution in [2.24, 2.45) is 0 Å². The molecule has 0 fully saturated rings. The van der Waals surface area contributed by atoms with Crippen LogP contribution in [0.3, 0.4) is 0 Å². The summed E-state index contributed by atoms with van der Waals surface area (Å²) in [6.45, 7) is 4.86. The largest absolute Gasteiger partial charge is 0.354 e. The summed E-state index contributed by atoms with van der Waals surface area (Å²) in [5, 5.41) is 3.18. The summed E-state index contributed by atoms with van der Waals surface area (Å²) in [4.78, 5) is 10.7. The fourth-order valence-corrected chi connectivity index (χ4v) is 1.84. The second-order valence-corrected chi connectivity index (χ2v) is 4.65. The van der Waals surface area contributed by atoms with Crippen LogP contribution in [-0.4, -0.2) is 23.6 Å². The van der Waals surface area contributed by atoms with Gasteiger partial charge in [-0.3, -0.25) is 0 Å². The van der Waals surface area contributed by atoms with E-state index in [0.29, 0.717) is 5.95 Å². The Kier molecular flexibility index (Phi) is 4.50. The highest BCUT2D eigenvalue weighted by Crippen LogP contribution is 2.23. The Balaban J connectivity index is 2.26. The maximum atomic E-state index is 13.0. The van der Waals surface area contributed by atoms with Gasteiger partial charge in [-0.2, -0.15) is 4.98 Å². The second kappa shape index (κ2) is 6.32. The number of nitrogens with zero attached hydrogens (tertiary/aromatic N) is 3. The normalized spacial score (nSPS) is 10.4. The number of rotatable bonds is 5. The fourth-order valence-electron chi connectivity index (χ4n) is 1.84. The molecular formula is C15H19FN4. The summed E-state index contributed by atoms with van der Waals surface area (Å²) in [5.74, 6) is 1.16. The van der Waals surface area contributed by atoms with Gasteiger partial charge in [-0.15, -0.1) is 0 Å². The molecule has 5 heteroatoms. The Morgan fingerprint density at radius 2 is 1.90 bits per heavy atom. The molecule has 0 amide bonds. The molecule has 0 bridgehead atoms. The molecule has 0 saturated carbocycles. The molecule has 4 nitrogen and oxygen atoms in total. The molecule has 1 N–H and O–H groups in total. The molecule has 0 saturated heterocycles. The second-order valence-electron chi connectivity index (χ2n) is 4.65. The van der Waals surface area contributed by atoms with Crippen molar-refractivity contribution in [3.8, 4) is 0 Å². The van der Waals surface area contributed by atoms with Gasteiger partial charge in [0.2, 0.25) is 5.95 Å². The first-order chi connectivity index (χ1) is 9.60. The first kappa shape index (κ1) is 14.2. The van der Waals surface area contributed by atoms with E-state index < -0.39 is 0 Å². The summed E-state index contributed by atoms with van der Waals surface area (Å²) in [6.07, 6.45) is 1.01. The van der Waals surface area contributed by atoms with Crippen molar-refractivity contribution in [2.75, 3.05) is 23.8 Å². The summed E-state index contributed by atoms with van der Waals surface area (Å²) >= 11 is 0. The van der Waals surface area contributed by atoms with Gasteiger partial charge >= 0.3 is 0 Å². The van der Waals surface area contributed by atoms with Crippen molar-refractivity contribution in [3.63, 3.8) is 0 Å². The molecule has 0 unspecified atom stereocenters. The van der Waals surface area contributed by atoms with Crippen LogP contribution in [0.2, 0.25) is 0 Å². The molecule has 0 atom stereocenters. The Labute approximate surface area is 118 Å². The number of aromatic nitrogens is 2. The van der Waals surface area contributed by atoms with Crippen LogP contribution in [-0.2, 0) is 0 Å². The first-order valence-electron chi connectivity index (χ1n) is 6.69. The number of aryl methyl sites for hydroxylation is 1. The van der Waals surface area contributed by atoms with E-state index in [4.69, 9.17) is 0 Å². The van der Waals surface area contributed by atoms with Crippen molar-refractivity contribution in [1.29, 1.82) is 0 Å².